The number of carbonyl (C=O) groups is 1. The van der Waals surface area contributed by atoms with Gasteiger partial charge in [0.2, 0.25) is 0 Å². The molecule has 0 bridgehead atoms. The van der Waals surface area contributed by atoms with Crippen molar-refractivity contribution in [1.82, 2.24) is 0 Å². The highest BCUT2D eigenvalue weighted by Gasteiger charge is 2.05. The summed E-state index contributed by atoms with van der Waals surface area (Å²) in [5, 5.41) is 0.916. The first-order valence-corrected chi connectivity index (χ1v) is 5.08. The van der Waals surface area contributed by atoms with Crippen LogP contribution in [0.5, 0.6) is 5.75 Å². The quantitative estimate of drug-likeness (QED) is 0.771. The van der Waals surface area contributed by atoms with Crippen LogP contribution in [0.2, 0.25) is 10.0 Å². The van der Waals surface area contributed by atoms with Gasteiger partial charge in [-0.2, -0.15) is 0 Å². The normalized spacial score (nSPS) is 9.93. The van der Waals surface area contributed by atoms with E-state index in [-0.39, 0.29) is 18.3 Å². The summed E-state index contributed by atoms with van der Waals surface area (Å²) in [6.07, 6.45) is 0. The second-order valence-corrected chi connectivity index (χ2v) is 3.65. The van der Waals surface area contributed by atoms with Gasteiger partial charge in [0.1, 0.15) is 12.4 Å². The van der Waals surface area contributed by atoms with E-state index in [9.17, 15) is 4.79 Å². The highest BCUT2D eigenvalue weighted by molar-refractivity contribution is 6.34. The highest BCUT2D eigenvalue weighted by Crippen LogP contribution is 2.27. The maximum Gasteiger partial charge on any atom is 0.184 e. The summed E-state index contributed by atoms with van der Waals surface area (Å²) < 4.78 is 5.12. The van der Waals surface area contributed by atoms with Crippen molar-refractivity contribution in [2.45, 2.75) is 0 Å². The molecule has 0 unspecified atom stereocenters. The van der Waals surface area contributed by atoms with Gasteiger partial charge in [0, 0.05) is 11.1 Å². The lowest BCUT2D eigenvalue weighted by atomic mass is 10.3. The van der Waals surface area contributed by atoms with Crippen LogP contribution in [0.3, 0.4) is 0 Å². The lowest BCUT2D eigenvalue weighted by molar-refractivity contribution is -0.118. The van der Waals surface area contributed by atoms with E-state index in [2.05, 4.69) is 0 Å². The maximum absolute atomic E-state index is 10.8. The zero-order chi connectivity index (χ0) is 10.6. The predicted octanol–water partition coefficient (Wildman–Crippen LogP) is 3.18. The Labute approximate surface area is 96.7 Å². The van der Waals surface area contributed by atoms with Gasteiger partial charge in [-0.3, -0.25) is 4.79 Å². The molecule has 0 fully saturated rings. The minimum atomic E-state index is -0.206. The minimum absolute atomic E-state index is 0.0712. The molecule has 0 aliphatic carbocycles. The minimum Gasteiger partial charge on any atom is -0.484 e. The van der Waals surface area contributed by atoms with Gasteiger partial charge >= 0.3 is 0 Å². The number of alkyl halides is 1. The lowest BCUT2D eigenvalue weighted by Crippen LogP contribution is -2.12. The molecule has 0 aromatic heterocycles. The summed E-state index contributed by atoms with van der Waals surface area (Å²) in [4.78, 5) is 10.8. The molecule has 5 heteroatoms. The summed E-state index contributed by atoms with van der Waals surface area (Å²) in [6.45, 7) is -0.0937. The molecule has 1 rings (SSSR count). The molecule has 14 heavy (non-hydrogen) atoms. The number of ketones is 1. The van der Waals surface area contributed by atoms with Crippen molar-refractivity contribution in [2.75, 3.05) is 12.5 Å². The SMILES string of the molecule is O=C(CCl)COc1cc(Cl)ccc1Cl. The highest BCUT2D eigenvalue weighted by atomic mass is 35.5. The van der Waals surface area contributed by atoms with Crippen LogP contribution in [-0.4, -0.2) is 18.3 Å². The third-order valence-electron chi connectivity index (χ3n) is 1.43. The van der Waals surface area contributed by atoms with Crippen molar-refractivity contribution < 1.29 is 9.53 Å². The van der Waals surface area contributed by atoms with Crippen LogP contribution in [0.1, 0.15) is 0 Å². The van der Waals surface area contributed by atoms with E-state index in [1.54, 1.807) is 18.2 Å². The van der Waals surface area contributed by atoms with Crippen molar-refractivity contribution in [1.29, 1.82) is 0 Å². The van der Waals surface area contributed by atoms with Crippen molar-refractivity contribution >= 4 is 40.6 Å². The Morgan fingerprint density at radius 2 is 2.07 bits per heavy atom. The molecular weight excluding hydrogens is 246 g/mol. The molecule has 0 saturated heterocycles. The standard InChI is InChI=1S/C9H7Cl3O2/c10-4-7(13)5-14-9-3-6(11)1-2-8(9)12/h1-3H,4-5H2. The molecule has 0 aliphatic rings. The number of carbonyl (C=O) groups excluding carboxylic acids is 1. The summed E-state index contributed by atoms with van der Waals surface area (Å²) in [5.41, 5.74) is 0. The summed E-state index contributed by atoms with van der Waals surface area (Å²) in [7, 11) is 0. The summed E-state index contributed by atoms with van der Waals surface area (Å²) >= 11 is 16.8. The number of halogens is 3. The lowest BCUT2D eigenvalue weighted by Gasteiger charge is -2.06. The number of ether oxygens (including phenoxy) is 1. The third kappa shape index (κ3) is 3.37. The first-order valence-electron chi connectivity index (χ1n) is 3.79. The van der Waals surface area contributed by atoms with Crippen LogP contribution in [-0.2, 0) is 4.79 Å². The molecule has 1 aromatic rings. The molecule has 76 valence electrons. The molecule has 0 saturated carbocycles. The summed E-state index contributed by atoms with van der Waals surface area (Å²) in [5.74, 6) is 0.110. The Hall–Kier alpha value is -0.440. The Morgan fingerprint density at radius 3 is 2.71 bits per heavy atom. The molecule has 1 aromatic carbocycles. The zero-order valence-corrected chi connectivity index (χ0v) is 9.36. The summed E-state index contributed by atoms with van der Waals surface area (Å²) in [6, 6.07) is 4.79. The molecule has 2 nitrogen and oxygen atoms in total. The van der Waals surface area contributed by atoms with Gasteiger partial charge in [0.25, 0.3) is 0 Å². The molecule has 0 radical (unpaired) electrons. The number of hydrogen-bond acceptors (Lipinski definition) is 2. The third-order valence-corrected chi connectivity index (χ3v) is 2.28. The van der Waals surface area contributed by atoms with Gasteiger partial charge in [-0.25, -0.2) is 0 Å². The molecule has 0 heterocycles. The topological polar surface area (TPSA) is 26.3 Å². The van der Waals surface area contributed by atoms with E-state index in [0.29, 0.717) is 15.8 Å². The molecule has 0 aliphatic heterocycles. The van der Waals surface area contributed by atoms with E-state index in [1.165, 1.54) is 0 Å². The van der Waals surface area contributed by atoms with Crippen molar-refractivity contribution in [2.24, 2.45) is 0 Å². The predicted molar refractivity (Wildman–Crippen MR) is 57.7 cm³/mol. The van der Waals surface area contributed by atoms with Gasteiger partial charge < -0.3 is 4.74 Å². The Morgan fingerprint density at radius 1 is 1.36 bits per heavy atom. The van der Waals surface area contributed by atoms with E-state index in [1.807, 2.05) is 0 Å². The van der Waals surface area contributed by atoms with Crippen LogP contribution in [0.4, 0.5) is 0 Å². The molecule has 0 spiro atoms. The maximum atomic E-state index is 10.8. The largest absolute Gasteiger partial charge is 0.484 e. The van der Waals surface area contributed by atoms with E-state index >= 15 is 0 Å². The average Bonchev–Trinajstić information content (AvgIpc) is 2.19. The van der Waals surface area contributed by atoms with Gasteiger partial charge in [0.05, 0.1) is 10.9 Å². The van der Waals surface area contributed by atoms with Crippen LogP contribution in [0, 0.1) is 0 Å². The van der Waals surface area contributed by atoms with Crippen LogP contribution < -0.4 is 4.74 Å². The second kappa shape index (κ2) is 5.44. The van der Waals surface area contributed by atoms with Gasteiger partial charge in [0.15, 0.2) is 5.78 Å². The Balaban J connectivity index is 2.66. The smallest absolute Gasteiger partial charge is 0.184 e. The van der Waals surface area contributed by atoms with E-state index in [4.69, 9.17) is 39.5 Å². The monoisotopic (exact) mass is 252 g/mol. The number of benzene rings is 1. The van der Waals surface area contributed by atoms with Gasteiger partial charge in [-0.1, -0.05) is 23.2 Å². The van der Waals surface area contributed by atoms with Crippen molar-refractivity contribution in [3.05, 3.63) is 28.2 Å². The molecule has 0 amide bonds. The number of rotatable bonds is 4. The first kappa shape index (κ1) is 11.6. The average molecular weight is 254 g/mol. The van der Waals surface area contributed by atoms with E-state index in [0.717, 1.165) is 0 Å². The number of hydrogen-bond donors (Lipinski definition) is 0. The Bertz CT molecular complexity index is 339. The second-order valence-electron chi connectivity index (χ2n) is 2.54. The van der Waals surface area contributed by atoms with Gasteiger partial charge in [-0.15, -0.1) is 11.6 Å². The van der Waals surface area contributed by atoms with Crippen LogP contribution in [0.25, 0.3) is 0 Å². The van der Waals surface area contributed by atoms with Crippen LogP contribution >= 0.6 is 34.8 Å². The molecular formula is C9H7Cl3O2. The Kier molecular flexibility index (Phi) is 4.52. The van der Waals surface area contributed by atoms with Crippen molar-refractivity contribution in [3.63, 3.8) is 0 Å². The molecule has 0 atom stereocenters. The van der Waals surface area contributed by atoms with Crippen LogP contribution in [0.15, 0.2) is 18.2 Å². The fourth-order valence-corrected chi connectivity index (χ4v) is 1.20. The van der Waals surface area contributed by atoms with E-state index < -0.39 is 0 Å². The first-order chi connectivity index (χ1) is 6.63. The number of Topliss-reactive ketones (excluding diaryl/α,β-unsaturated/α-hetero) is 1. The fraction of sp³-hybridized carbons (Fsp3) is 0.222. The fourth-order valence-electron chi connectivity index (χ4n) is 0.785. The van der Waals surface area contributed by atoms with Gasteiger partial charge in [-0.05, 0) is 12.1 Å². The zero-order valence-electron chi connectivity index (χ0n) is 7.10. The van der Waals surface area contributed by atoms with Crippen molar-refractivity contribution in [3.8, 4) is 5.75 Å². The molecule has 0 N–H and O–H groups in total.